The second kappa shape index (κ2) is 5.25. The summed E-state index contributed by atoms with van der Waals surface area (Å²) in [7, 11) is -8.25. The summed E-state index contributed by atoms with van der Waals surface area (Å²) in [5, 5.41) is 10.3. The third-order valence-corrected chi connectivity index (χ3v) is 4.82. The minimum Gasteiger partial charge on any atom is -0.399 e. The van der Waals surface area contributed by atoms with Gasteiger partial charge in [-0.2, -0.15) is 0 Å². The van der Waals surface area contributed by atoms with Crippen LogP contribution in [-0.4, -0.2) is 16.8 Å². The Morgan fingerprint density at radius 3 is 1.23 bits per heavy atom. The highest BCUT2D eigenvalue weighted by Gasteiger charge is 2.22. The molecule has 0 unspecified atom stereocenters. The van der Waals surface area contributed by atoms with E-state index in [0.717, 1.165) is 12.1 Å². The molecule has 0 amide bonds. The van der Waals surface area contributed by atoms with E-state index in [1.165, 1.54) is 24.3 Å². The number of benzene rings is 2. The summed E-state index contributed by atoms with van der Waals surface area (Å²) in [6.45, 7) is 0. The van der Waals surface area contributed by atoms with Crippen LogP contribution >= 0.6 is 0 Å². The monoisotopic (exact) mass is 342 g/mol. The molecule has 8 nitrogen and oxygen atoms in total. The van der Waals surface area contributed by atoms with Gasteiger partial charge >= 0.3 is 0 Å². The molecule has 0 saturated heterocycles. The molecule has 0 aliphatic carbocycles. The summed E-state index contributed by atoms with van der Waals surface area (Å²) in [5.74, 6) is 0. The van der Waals surface area contributed by atoms with E-state index in [2.05, 4.69) is 0 Å². The minimum atomic E-state index is -4.12. The largest absolute Gasteiger partial charge is 0.399 e. The number of anilines is 2. The number of sulfonamides is 2. The van der Waals surface area contributed by atoms with Crippen LogP contribution in [-0.2, 0) is 20.0 Å². The number of hydrogen-bond donors (Lipinski definition) is 4. The smallest absolute Gasteiger partial charge is 0.238 e. The first-order valence-electron chi connectivity index (χ1n) is 5.85. The van der Waals surface area contributed by atoms with E-state index < -0.39 is 20.0 Å². The standard InChI is InChI=1S/C12H14N4O4S2/c13-7-1-3-9(11(5-7)21(15,17)18)10-4-2-8(14)6-12(10)22(16,19)20/h1-6H,13-14H2,(H2,15,17,18)(H2,16,19,20). The highest BCUT2D eigenvalue weighted by molar-refractivity contribution is 7.89. The van der Waals surface area contributed by atoms with E-state index in [1.807, 2.05) is 0 Å². The first kappa shape index (κ1) is 16.2. The molecule has 8 N–H and O–H groups in total. The molecule has 0 aliphatic heterocycles. The maximum atomic E-state index is 11.7. The Hall–Kier alpha value is -2.14. The van der Waals surface area contributed by atoms with Crippen molar-refractivity contribution in [3.8, 4) is 11.1 Å². The molecule has 0 spiro atoms. The zero-order valence-electron chi connectivity index (χ0n) is 11.2. The van der Waals surface area contributed by atoms with Crippen LogP contribution in [0.3, 0.4) is 0 Å². The van der Waals surface area contributed by atoms with Gasteiger partial charge in [-0.05, 0) is 24.3 Å². The van der Waals surface area contributed by atoms with E-state index in [-0.39, 0.29) is 32.3 Å². The van der Waals surface area contributed by atoms with Crippen LogP contribution < -0.4 is 21.7 Å². The van der Waals surface area contributed by atoms with Crippen molar-refractivity contribution in [1.29, 1.82) is 0 Å². The molecule has 0 heterocycles. The Kier molecular flexibility index (Phi) is 3.87. The third kappa shape index (κ3) is 3.20. The lowest BCUT2D eigenvalue weighted by molar-refractivity contribution is 0.595. The Bertz CT molecular complexity index is 874. The Morgan fingerprint density at radius 2 is 0.955 bits per heavy atom. The summed E-state index contributed by atoms with van der Waals surface area (Å²) < 4.78 is 46.9. The van der Waals surface area contributed by atoms with Crippen molar-refractivity contribution in [2.24, 2.45) is 10.3 Å². The number of rotatable bonds is 3. The molecule has 0 atom stereocenters. The maximum absolute atomic E-state index is 11.7. The minimum absolute atomic E-state index is 0.0701. The van der Waals surface area contributed by atoms with Gasteiger partial charge in [0.15, 0.2) is 0 Å². The van der Waals surface area contributed by atoms with Gasteiger partial charge in [0.2, 0.25) is 20.0 Å². The predicted molar refractivity (Wildman–Crippen MR) is 83.4 cm³/mol. The number of primary sulfonamides is 2. The molecule has 0 aromatic heterocycles. The van der Waals surface area contributed by atoms with Gasteiger partial charge in [0.25, 0.3) is 0 Å². The second-order valence-corrected chi connectivity index (χ2v) is 7.66. The van der Waals surface area contributed by atoms with Gasteiger partial charge in [-0.15, -0.1) is 0 Å². The van der Waals surface area contributed by atoms with Crippen LogP contribution in [0.15, 0.2) is 46.2 Å². The van der Waals surface area contributed by atoms with Crippen LogP contribution in [0.4, 0.5) is 11.4 Å². The van der Waals surface area contributed by atoms with Gasteiger partial charge < -0.3 is 11.5 Å². The first-order chi connectivity index (χ1) is 10.00. The SMILES string of the molecule is Nc1ccc(-c2ccc(N)cc2S(N)(=O)=O)c(S(N)(=O)=O)c1. The fraction of sp³-hybridized carbons (Fsp3) is 0. The molecule has 118 valence electrons. The quantitative estimate of drug-likeness (QED) is 0.563. The van der Waals surface area contributed by atoms with Gasteiger partial charge in [0.1, 0.15) is 0 Å². The van der Waals surface area contributed by atoms with E-state index in [9.17, 15) is 16.8 Å². The molecule has 0 aliphatic rings. The van der Waals surface area contributed by atoms with Crippen molar-refractivity contribution in [2.75, 3.05) is 11.5 Å². The number of nitrogen functional groups attached to an aromatic ring is 2. The Balaban J connectivity index is 2.90. The summed E-state index contributed by atoms with van der Waals surface area (Å²) >= 11 is 0. The second-order valence-electron chi connectivity index (χ2n) is 4.60. The summed E-state index contributed by atoms with van der Waals surface area (Å²) in [5.41, 5.74) is 11.6. The average Bonchev–Trinajstić information content (AvgIpc) is 2.37. The lowest BCUT2D eigenvalue weighted by Crippen LogP contribution is -2.16. The zero-order valence-corrected chi connectivity index (χ0v) is 12.9. The third-order valence-electron chi connectivity index (χ3n) is 2.91. The fourth-order valence-corrected chi connectivity index (χ4v) is 3.56. The van der Waals surface area contributed by atoms with Gasteiger partial charge in [0.05, 0.1) is 9.79 Å². The van der Waals surface area contributed by atoms with Crippen LogP contribution in [0.1, 0.15) is 0 Å². The Labute approximate surface area is 127 Å². The molecule has 0 bridgehead atoms. The lowest BCUT2D eigenvalue weighted by atomic mass is 10.0. The molecule has 22 heavy (non-hydrogen) atoms. The molecule has 0 saturated carbocycles. The van der Waals surface area contributed by atoms with Crippen molar-refractivity contribution in [3.05, 3.63) is 36.4 Å². The molecule has 10 heteroatoms. The highest BCUT2D eigenvalue weighted by atomic mass is 32.2. The van der Waals surface area contributed by atoms with Gasteiger partial charge in [-0.25, -0.2) is 27.1 Å². The summed E-state index contributed by atoms with van der Waals surface area (Å²) in [6, 6.07) is 7.85. The predicted octanol–water partition coefficient (Wildman–Crippen LogP) is -0.187. The highest BCUT2D eigenvalue weighted by Crippen LogP contribution is 2.33. The number of hydrogen-bond acceptors (Lipinski definition) is 6. The van der Waals surface area contributed by atoms with E-state index in [0.29, 0.717) is 0 Å². The van der Waals surface area contributed by atoms with Gasteiger partial charge in [0, 0.05) is 22.5 Å². The van der Waals surface area contributed by atoms with E-state index in [4.69, 9.17) is 21.7 Å². The number of nitrogens with two attached hydrogens (primary N) is 4. The molecule has 2 rings (SSSR count). The van der Waals surface area contributed by atoms with Crippen molar-refractivity contribution in [2.45, 2.75) is 9.79 Å². The van der Waals surface area contributed by atoms with Crippen molar-refractivity contribution in [3.63, 3.8) is 0 Å². The molecular formula is C12H14N4O4S2. The van der Waals surface area contributed by atoms with Crippen LogP contribution in [0, 0.1) is 0 Å². The lowest BCUT2D eigenvalue weighted by Gasteiger charge is -2.13. The van der Waals surface area contributed by atoms with Crippen LogP contribution in [0.2, 0.25) is 0 Å². The van der Waals surface area contributed by atoms with E-state index in [1.54, 1.807) is 0 Å². The van der Waals surface area contributed by atoms with E-state index >= 15 is 0 Å². The molecule has 0 radical (unpaired) electrons. The zero-order chi connectivity index (χ0) is 16.7. The summed E-state index contributed by atoms with van der Waals surface area (Å²) in [6.07, 6.45) is 0. The molecule has 0 fully saturated rings. The fourth-order valence-electron chi connectivity index (χ4n) is 1.99. The average molecular weight is 342 g/mol. The first-order valence-corrected chi connectivity index (χ1v) is 8.94. The topological polar surface area (TPSA) is 172 Å². The Morgan fingerprint density at radius 1 is 0.636 bits per heavy atom. The van der Waals surface area contributed by atoms with Crippen LogP contribution in [0.25, 0.3) is 11.1 Å². The summed E-state index contributed by atoms with van der Waals surface area (Å²) in [4.78, 5) is -0.607. The normalized spacial score (nSPS) is 12.3. The van der Waals surface area contributed by atoms with Crippen LogP contribution in [0.5, 0.6) is 0 Å². The molecule has 2 aromatic rings. The van der Waals surface area contributed by atoms with Gasteiger partial charge in [-0.1, -0.05) is 12.1 Å². The van der Waals surface area contributed by atoms with Crippen molar-refractivity contribution in [1.82, 2.24) is 0 Å². The maximum Gasteiger partial charge on any atom is 0.238 e. The van der Waals surface area contributed by atoms with Crippen molar-refractivity contribution >= 4 is 31.4 Å². The van der Waals surface area contributed by atoms with Gasteiger partial charge in [-0.3, -0.25) is 0 Å². The molecule has 2 aromatic carbocycles. The molecular weight excluding hydrogens is 328 g/mol. The van der Waals surface area contributed by atoms with Crippen molar-refractivity contribution < 1.29 is 16.8 Å².